The van der Waals surface area contributed by atoms with E-state index in [1.807, 2.05) is 43.0 Å². The topological polar surface area (TPSA) is 59.4 Å². The molecule has 6 heteroatoms. The third kappa shape index (κ3) is 4.21. The molecule has 3 aromatic rings. The predicted molar refractivity (Wildman–Crippen MR) is 122 cm³/mol. The highest BCUT2D eigenvalue weighted by Crippen LogP contribution is 2.29. The van der Waals surface area contributed by atoms with Crippen LogP contribution in [0.5, 0.6) is 5.75 Å². The number of rotatable bonds is 7. The quantitative estimate of drug-likeness (QED) is 0.635. The highest BCUT2D eigenvalue weighted by atomic mass is 16.5. The Morgan fingerprint density at radius 2 is 1.90 bits per heavy atom. The van der Waals surface area contributed by atoms with Crippen molar-refractivity contribution in [2.75, 3.05) is 27.7 Å². The predicted octanol–water partition coefficient (Wildman–Crippen LogP) is 3.71. The fraction of sp³-hybridized carbons (Fsp3) is 0.360. The highest BCUT2D eigenvalue weighted by Gasteiger charge is 2.28. The number of carbonyl (C=O) groups excluding carboxylic acids is 1. The Kier molecular flexibility index (Phi) is 6.09. The van der Waals surface area contributed by atoms with Crippen LogP contribution < -0.4 is 10.1 Å². The number of fused-ring (bicyclic) bond motifs is 1. The number of methoxy groups -OCH3 is 1. The standard InChI is InChI=1S/C25H30N4O2/c1-17-12-14-18(15-13-17)29-21-10-7-9-20(21)24(27-29)25(30)26-16-22(28(2)3)19-8-5-6-11-23(19)31-4/h5-6,8,11-15,22H,7,9-10,16H2,1-4H3,(H,26,30). The largest absolute Gasteiger partial charge is 0.496 e. The normalized spacial score (nSPS) is 13.8. The Balaban J connectivity index is 1.57. The van der Waals surface area contributed by atoms with Crippen LogP contribution in [0.4, 0.5) is 0 Å². The van der Waals surface area contributed by atoms with Crippen molar-refractivity contribution in [3.63, 3.8) is 0 Å². The van der Waals surface area contributed by atoms with Crippen LogP contribution in [-0.4, -0.2) is 48.3 Å². The molecule has 0 saturated carbocycles. The van der Waals surface area contributed by atoms with E-state index in [2.05, 4.69) is 41.4 Å². The molecule has 1 unspecified atom stereocenters. The van der Waals surface area contributed by atoms with Crippen LogP contribution >= 0.6 is 0 Å². The minimum atomic E-state index is -0.120. The monoisotopic (exact) mass is 418 g/mol. The molecule has 162 valence electrons. The summed E-state index contributed by atoms with van der Waals surface area (Å²) in [5, 5.41) is 7.85. The van der Waals surface area contributed by atoms with Crippen LogP contribution in [0.15, 0.2) is 48.5 Å². The van der Waals surface area contributed by atoms with Gasteiger partial charge in [0.15, 0.2) is 5.69 Å². The molecule has 1 aromatic heterocycles. The van der Waals surface area contributed by atoms with Gasteiger partial charge in [0.25, 0.3) is 5.91 Å². The molecule has 0 aliphatic heterocycles. The summed E-state index contributed by atoms with van der Waals surface area (Å²) in [6, 6.07) is 16.2. The van der Waals surface area contributed by atoms with Gasteiger partial charge < -0.3 is 15.0 Å². The zero-order valence-electron chi connectivity index (χ0n) is 18.7. The molecule has 6 nitrogen and oxygen atoms in total. The van der Waals surface area contributed by atoms with Crippen LogP contribution in [0.2, 0.25) is 0 Å². The summed E-state index contributed by atoms with van der Waals surface area (Å²) in [5.74, 6) is 0.700. The van der Waals surface area contributed by atoms with Gasteiger partial charge in [-0.25, -0.2) is 4.68 Å². The molecular formula is C25H30N4O2. The number of nitrogens with one attached hydrogen (secondary N) is 1. The number of aromatic nitrogens is 2. The van der Waals surface area contributed by atoms with E-state index in [9.17, 15) is 4.79 Å². The van der Waals surface area contributed by atoms with Gasteiger partial charge in [0, 0.05) is 23.4 Å². The zero-order chi connectivity index (χ0) is 22.0. The summed E-state index contributed by atoms with van der Waals surface area (Å²) in [6.45, 7) is 2.54. The Morgan fingerprint density at radius 1 is 1.16 bits per heavy atom. The summed E-state index contributed by atoms with van der Waals surface area (Å²) in [6.07, 6.45) is 2.90. The third-order valence-corrected chi connectivity index (χ3v) is 6.00. The van der Waals surface area contributed by atoms with E-state index in [0.29, 0.717) is 12.2 Å². The third-order valence-electron chi connectivity index (χ3n) is 6.00. The SMILES string of the molecule is COc1ccccc1C(CNC(=O)c1nn(-c2ccc(C)cc2)c2c1CCC2)N(C)C. The van der Waals surface area contributed by atoms with Crippen LogP contribution in [0.25, 0.3) is 5.69 Å². The molecular weight excluding hydrogens is 388 g/mol. The van der Waals surface area contributed by atoms with Crippen LogP contribution in [0.3, 0.4) is 0 Å². The molecule has 1 atom stereocenters. The fourth-order valence-electron chi connectivity index (χ4n) is 4.30. The maximum atomic E-state index is 13.2. The van der Waals surface area contributed by atoms with Crippen molar-refractivity contribution in [1.82, 2.24) is 20.0 Å². The molecule has 0 saturated heterocycles. The first-order valence-electron chi connectivity index (χ1n) is 10.7. The van der Waals surface area contributed by atoms with Gasteiger partial charge in [0.2, 0.25) is 0 Å². The maximum absolute atomic E-state index is 13.2. The number of nitrogens with zero attached hydrogens (tertiary/aromatic N) is 3. The number of carbonyl (C=O) groups is 1. The van der Waals surface area contributed by atoms with Crippen LogP contribution in [0.1, 0.15) is 45.3 Å². The first-order chi connectivity index (χ1) is 15.0. The lowest BCUT2D eigenvalue weighted by Crippen LogP contribution is -2.35. The van der Waals surface area contributed by atoms with Crippen molar-refractivity contribution in [3.05, 3.63) is 76.6 Å². The molecule has 1 aliphatic rings. The van der Waals surface area contributed by atoms with Gasteiger partial charge in [0.05, 0.1) is 18.8 Å². The van der Waals surface area contributed by atoms with E-state index in [4.69, 9.17) is 9.84 Å². The lowest BCUT2D eigenvalue weighted by molar-refractivity contribution is 0.0935. The first kappa shape index (κ1) is 21.1. The summed E-state index contributed by atoms with van der Waals surface area (Å²) in [5.41, 5.74) is 6.04. The number of ether oxygens (including phenoxy) is 1. The Bertz CT molecular complexity index is 1070. The molecule has 0 radical (unpaired) electrons. The fourth-order valence-corrected chi connectivity index (χ4v) is 4.30. The average Bonchev–Trinajstić information content (AvgIpc) is 3.37. The summed E-state index contributed by atoms with van der Waals surface area (Å²) in [4.78, 5) is 15.3. The van der Waals surface area contributed by atoms with Gasteiger partial charge in [-0.15, -0.1) is 0 Å². The number of likely N-dealkylation sites (N-methyl/N-ethyl adjacent to an activating group) is 1. The molecule has 2 aromatic carbocycles. The summed E-state index contributed by atoms with van der Waals surface area (Å²) in [7, 11) is 5.69. The molecule has 1 N–H and O–H groups in total. The second-order valence-corrected chi connectivity index (χ2v) is 8.31. The highest BCUT2D eigenvalue weighted by molar-refractivity contribution is 5.94. The number of para-hydroxylation sites is 1. The molecule has 0 spiro atoms. The maximum Gasteiger partial charge on any atom is 0.272 e. The number of hydrogen-bond acceptors (Lipinski definition) is 4. The molecule has 1 aliphatic carbocycles. The van der Waals surface area contributed by atoms with Crippen molar-refractivity contribution in [3.8, 4) is 11.4 Å². The molecule has 31 heavy (non-hydrogen) atoms. The lowest BCUT2D eigenvalue weighted by Gasteiger charge is -2.26. The summed E-state index contributed by atoms with van der Waals surface area (Å²) < 4.78 is 7.48. The number of amides is 1. The minimum Gasteiger partial charge on any atom is -0.496 e. The van der Waals surface area contributed by atoms with Crippen molar-refractivity contribution in [2.45, 2.75) is 32.2 Å². The summed E-state index contributed by atoms with van der Waals surface area (Å²) >= 11 is 0. The number of benzene rings is 2. The second kappa shape index (κ2) is 8.94. The lowest BCUT2D eigenvalue weighted by atomic mass is 10.0. The van der Waals surface area contributed by atoms with Gasteiger partial charge in [-0.3, -0.25) is 4.79 Å². The van der Waals surface area contributed by atoms with Gasteiger partial charge >= 0.3 is 0 Å². The average molecular weight is 419 g/mol. The van der Waals surface area contributed by atoms with E-state index in [1.54, 1.807) is 7.11 Å². The minimum absolute atomic E-state index is 0.00710. The van der Waals surface area contributed by atoms with Gasteiger partial charge in [-0.1, -0.05) is 35.9 Å². The Morgan fingerprint density at radius 3 is 2.61 bits per heavy atom. The molecule has 1 amide bonds. The second-order valence-electron chi connectivity index (χ2n) is 8.31. The van der Waals surface area contributed by atoms with Crippen molar-refractivity contribution in [2.24, 2.45) is 0 Å². The Hall–Kier alpha value is -3.12. The van der Waals surface area contributed by atoms with Crippen molar-refractivity contribution >= 4 is 5.91 Å². The van der Waals surface area contributed by atoms with Gasteiger partial charge in [-0.2, -0.15) is 5.10 Å². The number of aryl methyl sites for hydroxylation is 1. The van der Waals surface area contributed by atoms with E-state index in [1.165, 1.54) is 5.56 Å². The first-order valence-corrected chi connectivity index (χ1v) is 10.7. The van der Waals surface area contributed by atoms with E-state index < -0.39 is 0 Å². The molecule has 4 rings (SSSR count). The van der Waals surface area contributed by atoms with Gasteiger partial charge in [-0.05, 0) is 58.5 Å². The Labute approximate surface area is 183 Å². The van der Waals surface area contributed by atoms with Gasteiger partial charge in [0.1, 0.15) is 5.75 Å². The smallest absolute Gasteiger partial charge is 0.272 e. The van der Waals surface area contributed by atoms with Crippen LogP contribution in [-0.2, 0) is 12.8 Å². The molecule has 1 heterocycles. The van der Waals surface area contributed by atoms with E-state index in [0.717, 1.165) is 47.5 Å². The molecule has 0 bridgehead atoms. The van der Waals surface area contributed by atoms with E-state index >= 15 is 0 Å². The molecule has 0 fully saturated rings. The van der Waals surface area contributed by atoms with Crippen molar-refractivity contribution < 1.29 is 9.53 Å². The number of hydrogen-bond donors (Lipinski definition) is 1. The van der Waals surface area contributed by atoms with Crippen molar-refractivity contribution in [1.29, 1.82) is 0 Å². The van der Waals surface area contributed by atoms with Crippen LogP contribution in [0, 0.1) is 6.92 Å². The zero-order valence-corrected chi connectivity index (χ0v) is 18.7. The van der Waals surface area contributed by atoms with E-state index in [-0.39, 0.29) is 11.9 Å².